The second-order valence-corrected chi connectivity index (χ2v) is 11.7. The molecule has 2 amide bonds. The number of nitrogens with one attached hydrogen (secondary N) is 1. The van der Waals surface area contributed by atoms with E-state index in [1.807, 2.05) is 13.8 Å². The lowest BCUT2D eigenvalue weighted by Crippen LogP contribution is -2.52. The molecule has 0 aliphatic heterocycles. The third-order valence-corrected chi connectivity index (χ3v) is 8.87. The average molecular weight is 602 g/mol. The van der Waals surface area contributed by atoms with Gasteiger partial charge in [-0.3, -0.25) is 13.9 Å². The molecule has 9 nitrogen and oxygen atoms in total. The van der Waals surface area contributed by atoms with Gasteiger partial charge in [-0.25, -0.2) is 8.42 Å². The fraction of sp³-hybridized carbons (Fsp3) is 0.333. The minimum atomic E-state index is -4.27. The number of carbonyl (C=O) groups is 2. The van der Waals surface area contributed by atoms with E-state index in [2.05, 4.69) is 5.32 Å². The quantitative estimate of drug-likeness (QED) is 0.299. The van der Waals surface area contributed by atoms with Gasteiger partial charge in [-0.2, -0.15) is 0 Å². The molecular weight excluding hydrogens is 566 g/mol. The van der Waals surface area contributed by atoms with Gasteiger partial charge in [0.25, 0.3) is 10.0 Å². The van der Waals surface area contributed by atoms with E-state index < -0.39 is 28.5 Å². The van der Waals surface area contributed by atoms with Crippen LogP contribution in [0.15, 0.2) is 77.7 Å². The fourth-order valence-corrected chi connectivity index (χ4v) is 5.72. The minimum absolute atomic E-state index is 0.0118. The zero-order valence-corrected chi connectivity index (χ0v) is 25.4. The predicted molar refractivity (Wildman–Crippen MR) is 160 cm³/mol. The van der Waals surface area contributed by atoms with Gasteiger partial charge in [-0.05, 0) is 56.2 Å². The lowest BCUT2D eigenvalue weighted by atomic mass is 10.1. The van der Waals surface area contributed by atoms with Crippen molar-refractivity contribution in [2.45, 2.75) is 50.7 Å². The van der Waals surface area contributed by atoms with E-state index in [9.17, 15) is 18.0 Å². The maximum absolute atomic E-state index is 14.1. The summed E-state index contributed by atoms with van der Waals surface area (Å²) in [5.41, 5.74) is 0.723. The molecule has 3 aromatic rings. The minimum Gasteiger partial charge on any atom is -0.497 e. The first-order valence-corrected chi connectivity index (χ1v) is 15.0. The van der Waals surface area contributed by atoms with Crippen LogP contribution < -0.4 is 19.1 Å². The van der Waals surface area contributed by atoms with Crippen LogP contribution in [0, 0.1) is 0 Å². The Labute approximate surface area is 247 Å². The number of rotatable bonds is 13. The maximum Gasteiger partial charge on any atom is 0.264 e. The maximum atomic E-state index is 14.1. The summed E-state index contributed by atoms with van der Waals surface area (Å²) in [5, 5.41) is 3.32. The molecular formula is C30H36ClN3O6S. The molecule has 2 atom stereocenters. The standard InChI is InChI=1S/C30H36ClN3O6S/c1-6-21(2)32-30(36)22(3)33(19-23-12-10-11-15-26(23)31)29(35)20-34(41(37,38)25-13-8-7-9-14-25)27-18-24(39-4)16-17-28(27)40-5/h7-18,21-22H,6,19-20H2,1-5H3,(H,32,36)/t21-,22+/m0/s1. The smallest absolute Gasteiger partial charge is 0.264 e. The van der Waals surface area contributed by atoms with Crippen LogP contribution in [0.25, 0.3) is 0 Å². The van der Waals surface area contributed by atoms with Crippen LogP contribution in [-0.2, 0) is 26.2 Å². The summed E-state index contributed by atoms with van der Waals surface area (Å²) in [5.74, 6) is -0.383. The van der Waals surface area contributed by atoms with Crippen molar-refractivity contribution >= 4 is 39.1 Å². The summed E-state index contributed by atoms with van der Waals surface area (Å²) in [4.78, 5) is 28.6. The van der Waals surface area contributed by atoms with E-state index in [0.29, 0.717) is 22.8 Å². The van der Waals surface area contributed by atoms with Crippen molar-refractivity contribution in [2.75, 3.05) is 25.1 Å². The molecule has 1 N–H and O–H groups in total. The first-order valence-electron chi connectivity index (χ1n) is 13.2. The predicted octanol–water partition coefficient (Wildman–Crippen LogP) is 4.88. The zero-order valence-electron chi connectivity index (χ0n) is 23.8. The van der Waals surface area contributed by atoms with Gasteiger partial charge in [0.2, 0.25) is 11.8 Å². The van der Waals surface area contributed by atoms with Crippen LogP contribution in [0.2, 0.25) is 5.02 Å². The van der Waals surface area contributed by atoms with Gasteiger partial charge in [0.1, 0.15) is 24.1 Å². The van der Waals surface area contributed by atoms with Crippen molar-refractivity contribution in [3.8, 4) is 11.5 Å². The molecule has 0 saturated carbocycles. The Morgan fingerprint density at radius 1 is 0.951 bits per heavy atom. The van der Waals surface area contributed by atoms with Gasteiger partial charge in [-0.15, -0.1) is 0 Å². The molecule has 0 fully saturated rings. The summed E-state index contributed by atoms with van der Waals surface area (Å²) in [7, 11) is -1.40. The Kier molecular flexibility index (Phi) is 11.0. The van der Waals surface area contributed by atoms with Gasteiger partial charge in [-0.1, -0.05) is 54.9 Å². The number of ether oxygens (including phenoxy) is 2. The number of hydrogen-bond acceptors (Lipinski definition) is 6. The third kappa shape index (κ3) is 7.71. The second kappa shape index (κ2) is 14.2. The molecule has 0 aromatic heterocycles. The Bertz CT molecular complexity index is 1450. The van der Waals surface area contributed by atoms with Crippen molar-refractivity contribution in [1.29, 1.82) is 0 Å². The topological polar surface area (TPSA) is 105 Å². The van der Waals surface area contributed by atoms with Gasteiger partial charge in [0, 0.05) is 23.7 Å². The summed E-state index contributed by atoms with van der Waals surface area (Å²) >= 11 is 6.42. The Morgan fingerprint density at radius 2 is 1.61 bits per heavy atom. The highest BCUT2D eigenvalue weighted by Crippen LogP contribution is 2.36. The highest BCUT2D eigenvalue weighted by atomic mass is 35.5. The molecule has 0 heterocycles. The van der Waals surface area contributed by atoms with Crippen LogP contribution in [0.3, 0.4) is 0 Å². The molecule has 41 heavy (non-hydrogen) atoms. The van der Waals surface area contributed by atoms with Crippen molar-refractivity contribution in [2.24, 2.45) is 0 Å². The van der Waals surface area contributed by atoms with Crippen LogP contribution in [0.1, 0.15) is 32.8 Å². The second-order valence-electron chi connectivity index (χ2n) is 9.47. The van der Waals surface area contributed by atoms with E-state index in [-0.39, 0.29) is 34.8 Å². The van der Waals surface area contributed by atoms with Crippen molar-refractivity contribution in [3.63, 3.8) is 0 Å². The molecule has 3 rings (SSSR count). The van der Waals surface area contributed by atoms with E-state index in [1.165, 1.54) is 37.3 Å². The number of methoxy groups -OCH3 is 2. The first kappa shape index (κ1) is 31.8. The van der Waals surface area contributed by atoms with Crippen LogP contribution >= 0.6 is 11.6 Å². The van der Waals surface area contributed by atoms with Crippen molar-refractivity contribution in [1.82, 2.24) is 10.2 Å². The number of anilines is 1. The lowest BCUT2D eigenvalue weighted by molar-refractivity contribution is -0.139. The first-order chi connectivity index (χ1) is 19.5. The van der Waals surface area contributed by atoms with Crippen molar-refractivity contribution in [3.05, 3.63) is 83.4 Å². The molecule has 220 valence electrons. The molecule has 0 saturated heterocycles. The van der Waals surface area contributed by atoms with Gasteiger partial charge >= 0.3 is 0 Å². The number of halogens is 1. The number of nitrogens with zero attached hydrogens (tertiary/aromatic N) is 2. The zero-order chi connectivity index (χ0) is 30.2. The summed E-state index contributed by atoms with van der Waals surface area (Å²) in [6.07, 6.45) is 0.704. The van der Waals surface area contributed by atoms with E-state index >= 15 is 0 Å². The van der Waals surface area contributed by atoms with Crippen LogP contribution in [0.5, 0.6) is 11.5 Å². The SMILES string of the molecule is CC[C@H](C)NC(=O)[C@@H](C)N(Cc1ccccc1Cl)C(=O)CN(c1cc(OC)ccc1OC)S(=O)(=O)c1ccccc1. The molecule has 0 unspecified atom stereocenters. The Morgan fingerprint density at radius 3 is 2.22 bits per heavy atom. The van der Waals surface area contributed by atoms with Gasteiger partial charge < -0.3 is 19.7 Å². The molecule has 0 bridgehead atoms. The van der Waals surface area contributed by atoms with Gasteiger partial charge in [0.15, 0.2) is 0 Å². The molecule has 0 aliphatic rings. The molecule has 0 spiro atoms. The monoisotopic (exact) mass is 601 g/mol. The Hall–Kier alpha value is -3.76. The number of benzene rings is 3. The van der Waals surface area contributed by atoms with E-state index in [4.69, 9.17) is 21.1 Å². The summed E-state index contributed by atoms with van der Waals surface area (Å²) in [6.45, 7) is 4.78. The highest BCUT2D eigenvalue weighted by molar-refractivity contribution is 7.92. The third-order valence-electron chi connectivity index (χ3n) is 6.73. The van der Waals surface area contributed by atoms with E-state index in [0.717, 1.165) is 4.31 Å². The fourth-order valence-electron chi connectivity index (χ4n) is 4.08. The average Bonchev–Trinajstić information content (AvgIpc) is 2.98. The molecule has 0 radical (unpaired) electrons. The lowest BCUT2D eigenvalue weighted by Gasteiger charge is -2.33. The largest absolute Gasteiger partial charge is 0.497 e. The molecule has 3 aromatic carbocycles. The molecule has 11 heteroatoms. The van der Waals surface area contributed by atoms with Crippen LogP contribution in [0.4, 0.5) is 5.69 Å². The summed E-state index contributed by atoms with van der Waals surface area (Å²) in [6, 6.07) is 18.4. The summed E-state index contributed by atoms with van der Waals surface area (Å²) < 4.78 is 39.8. The van der Waals surface area contributed by atoms with Gasteiger partial charge in [0.05, 0.1) is 24.8 Å². The molecule has 0 aliphatic carbocycles. The van der Waals surface area contributed by atoms with Crippen LogP contribution in [-0.4, -0.2) is 58.0 Å². The van der Waals surface area contributed by atoms with Crippen molar-refractivity contribution < 1.29 is 27.5 Å². The number of hydrogen-bond donors (Lipinski definition) is 1. The van der Waals surface area contributed by atoms with E-state index in [1.54, 1.807) is 61.5 Å². The Balaban J connectivity index is 2.11. The number of carbonyl (C=O) groups excluding carboxylic acids is 2. The highest BCUT2D eigenvalue weighted by Gasteiger charge is 2.34. The number of sulfonamides is 1. The number of amides is 2. The normalized spacial score (nSPS) is 12.6.